The fraction of sp³-hybridized carbons (Fsp3) is 0.643. The predicted octanol–water partition coefficient (Wildman–Crippen LogP) is 2.83. The predicted molar refractivity (Wildman–Crippen MR) is 71.9 cm³/mol. The standard InChI is InChI=1S/C14H25NO2/c1-4-8-13(9-5-2)14(16)17-12-7-11-15-10-6-3/h4,8-9,15H,5-7,10-12H2,1-3H3. The van der Waals surface area contributed by atoms with Gasteiger partial charge in [0.2, 0.25) is 0 Å². The van der Waals surface area contributed by atoms with Gasteiger partial charge in [-0.2, -0.15) is 0 Å². The molecule has 0 unspecified atom stereocenters. The number of hydrogen-bond donors (Lipinski definition) is 1. The van der Waals surface area contributed by atoms with Gasteiger partial charge in [-0.15, -0.1) is 0 Å². The Labute approximate surface area is 105 Å². The van der Waals surface area contributed by atoms with Crippen molar-refractivity contribution in [3.63, 3.8) is 0 Å². The second-order valence-corrected chi connectivity index (χ2v) is 3.81. The molecule has 3 heteroatoms. The maximum Gasteiger partial charge on any atom is 0.337 e. The zero-order valence-corrected chi connectivity index (χ0v) is 11.3. The highest BCUT2D eigenvalue weighted by atomic mass is 16.5. The third-order valence-corrected chi connectivity index (χ3v) is 2.16. The van der Waals surface area contributed by atoms with Crippen LogP contribution in [0, 0.1) is 0 Å². The molecule has 0 aliphatic heterocycles. The summed E-state index contributed by atoms with van der Waals surface area (Å²) in [5.41, 5.74) is 0.650. The van der Waals surface area contributed by atoms with E-state index in [1.807, 2.05) is 26.0 Å². The van der Waals surface area contributed by atoms with E-state index in [-0.39, 0.29) is 5.97 Å². The molecule has 0 aliphatic rings. The van der Waals surface area contributed by atoms with Gasteiger partial charge in [-0.3, -0.25) is 0 Å². The summed E-state index contributed by atoms with van der Waals surface area (Å²) < 4.78 is 5.19. The van der Waals surface area contributed by atoms with Gasteiger partial charge in [0.1, 0.15) is 0 Å². The zero-order chi connectivity index (χ0) is 12.9. The number of ether oxygens (including phenoxy) is 1. The number of hydrogen-bond acceptors (Lipinski definition) is 3. The molecular formula is C14H25NO2. The van der Waals surface area contributed by atoms with Gasteiger partial charge in [0, 0.05) is 0 Å². The summed E-state index contributed by atoms with van der Waals surface area (Å²) in [6.45, 7) is 8.43. The Balaban J connectivity index is 3.79. The average molecular weight is 239 g/mol. The molecule has 17 heavy (non-hydrogen) atoms. The smallest absolute Gasteiger partial charge is 0.337 e. The van der Waals surface area contributed by atoms with Crippen LogP contribution in [0.4, 0.5) is 0 Å². The minimum Gasteiger partial charge on any atom is -0.462 e. The van der Waals surface area contributed by atoms with Crippen molar-refractivity contribution in [1.29, 1.82) is 0 Å². The van der Waals surface area contributed by atoms with Gasteiger partial charge in [0.25, 0.3) is 0 Å². The van der Waals surface area contributed by atoms with Crippen LogP contribution < -0.4 is 5.32 Å². The van der Waals surface area contributed by atoms with Gasteiger partial charge in [0.05, 0.1) is 12.2 Å². The van der Waals surface area contributed by atoms with Gasteiger partial charge >= 0.3 is 5.97 Å². The van der Waals surface area contributed by atoms with Crippen LogP contribution in [0.25, 0.3) is 0 Å². The summed E-state index contributed by atoms with van der Waals surface area (Å²) in [5.74, 6) is -0.222. The van der Waals surface area contributed by atoms with E-state index >= 15 is 0 Å². The van der Waals surface area contributed by atoms with Gasteiger partial charge in [-0.1, -0.05) is 32.1 Å². The topological polar surface area (TPSA) is 38.3 Å². The molecule has 0 amide bonds. The molecule has 0 rings (SSSR count). The van der Waals surface area contributed by atoms with Crippen LogP contribution in [-0.4, -0.2) is 25.7 Å². The Morgan fingerprint density at radius 3 is 2.65 bits per heavy atom. The second kappa shape index (κ2) is 11.4. The zero-order valence-electron chi connectivity index (χ0n) is 11.3. The van der Waals surface area contributed by atoms with Crippen molar-refractivity contribution in [2.45, 2.75) is 40.0 Å². The Morgan fingerprint density at radius 2 is 2.06 bits per heavy atom. The molecule has 0 saturated heterocycles. The maximum absolute atomic E-state index is 11.6. The number of nitrogens with one attached hydrogen (secondary N) is 1. The van der Waals surface area contributed by atoms with Crippen molar-refractivity contribution < 1.29 is 9.53 Å². The first-order chi connectivity index (χ1) is 8.26. The number of esters is 1. The number of carbonyl (C=O) groups is 1. The molecule has 1 N–H and O–H groups in total. The molecule has 0 fully saturated rings. The molecular weight excluding hydrogens is 214 g/mol. The van der Waals surface area contributed by atoms with Crippen molar-refractivity contribution in [1.82, 2.24) is 5.32 Å². The summed E-state index contributed by atoms with van der Waals surface area (Å²) in [4.78, 5) is 11.6. The lowest BCUT2D eigenvalue weighted by Gasteiger charge is -2.06. The number of rotatable bonds is 9. The minimum atomic E-state index is -0.222. The lowest BCUT2D eigenvalue weighted by Crippen LogP contribution is -2.18. The van der Waals surface area contributed by atoms with E-state index in [0.717, 1.165) is 32.4 Å². The number of allylic oxidation sites excluding steroid dienone is 2. The molecule has 0 bridgehead atoms. The highest BCUT2D eigenvalue weighted by molar-refractivity contribution is 5.91. The van der Waals surface area contributed by atoms with Gasteiger partial charge in [-0.05, 0) is 39.3 Å². The van der Waals surface area contributed by atoms with E-state index in [4.69, 9.17) is 4.74 Å². The van der Waals surface area contributed by atoms with E-state index < -0.39 is 0 Å². The van der Waals surface area contributed by atoms with Crippen LogP contribution in [-0.2, 0) is 9.53 Å². The third-order valence-electron chi connectivity index (χ3n) is 2.16. The van der Waals surface area contributed by atoms with Crippen molar-refractivity contribution in [3.05, 3.63) is 23.8 Å². The van der Waals surface area contributed by atoms with Crippen molar-refractivity contribution in [3.8, 4) is 0 Å². The third kappa shape index (κ3) is 8.69. The Hall–Kier alpha value is -1.09. The first kappa shape index (κ1) is 15.9. The molecule has 0 spiro atoms. The largest absolute Gasteiger partial charge is 0.462 e. The van der Waals surface area contributed by atoms with Crippen molar-refractivity contribution in [2.24, 2.45) is 0 Å². The molecule has 3 nitrogen and oxygen atoms in total. The summed E-state index contributed by atoms with van der Waals surface area (Å²) in [6.07, 6.45) is 8.36. The van der Waals surface area contributed by atoms with Crippen LogP contribution in [0.15, 0.2) is 23.8 Å². The average Bonchev–Trinajstić information content (AvgIpc) is 2.33. The maximum atomic E-state index is 11.6. The van der Waals surface area contributed by atoms with E-state index in [1.54, 1.807) is 6.08 Å². The number of carbonyl (C=O) groups excluding carboxylic acids is 1. The van der Waals surface area contributed by atoms with Crippen molar-refractivity contribution >= 4 is 5.97 Å². The molecule has 0 aromatic heterocycles. The molecule has 98 valence electrons. The summed E-state index contributed by atoms with van der Waals surface area (Å²) in [5, 5.41) is 3.27. The fourth-order valence-corrected chi connectivity index (χ4v) is 1.37. The Kier molecular flexibility index (Phi) is 10.7. The van der Waals surface area contributed by atoms with Gasteiger partial charge in [-0.25, -0.2) is 4.79 Å². The second-order valence-electron chi connectivity index (χ2n) is 3.81. The van der Waals surface area contributed by atoms with E-state index in [9.17, 15) is 4.79 Å². The fourth-order valence-electron chi connectivity index (χ4n) is 1.37. The van der Waals surface area contributed by atoms with Gasteiger partial charge < -0.3 is 10.1 Å². The Morgan fingerprint density at radius 1 is 1.29 bits per heavy atom. The summed E-state index contributed by atoms with van der Waals surface area (Å²) >= 11 is 0. The summed E-state index contributed by atoms with van der Waals surface area (Å²) in [6, 6.07) is 0. The van der Waals surface area contributed by atoms with E-state index in [2.05, 4.69) is 12.2 Å². The van der Waals surface area contributed by atoms with E-state index in [1.165, 1.54) is 0 Å². The molecule has 0 aliphatic carbocycles. The van der Waals surface area contributed by atoms with E-state index in [0.29, 0.717) is 12.2 Å². The summed E-state index contributed by atoms with van der Waals surface area (Å²) in [7, 11) is 0. The van der Waals surface area contributed by atoms with Crippen LogP contribution >= 0.6 is 0 Å². The Bertz CT molecular complexity index is 257. The van der Waals surface area contributed by atoms with Crippen LogP contribution in [0.2, 0.25) is 0 Å². The van der Waals surface area contributed by atoms with Crippen LogP contribution in [0.5, 0.6) is 0 Å². The first-order valence-corrected chi connectivity index (χ1v) is 6.46. The highest BCUT2D eigenvalue weighted by Gasteiger charge is 2.06. The first-order valence-electron chi connectivity index (χ1n) is 6.46. The highest BCUT2D eigenvalue weighted by Crippen LogP contribution is 2.03. The van der Waals surface area contributed by atoms with Crippen molar-refractivity contribution in [2.75, 3.05) is 19.7 Å². The lowest BCUT2D eigenvalue weighted by atomic mass is 10.2. The molecule has 0 atom stereocenters. The SMILES string of the molecule is CC=CC(=CCC)C(=O)OCCCNCCC. The molecule has 0 aromatic rings. The van der Waals surface area contributed by atoms with Crippen LogP contribution in [0.3, 0.4) is 0 Å². The van der Waals surface area contributed by atoms with Crippen LogP contribution in [0.1, 0.15) is 40.0 Å². The molecule has 0 radical (unpaired) electrons. The minimum absolute atomic E-state index is 0.222. The molecule has 0 saturated carbocycles. The van der Waals surface area contributed by atoms with Gasteiger partial charge in [0.15, 0.2) is 0 Å². The lowest BCUT2D eigenvalue weighted by molar-refractivity contribution is -0.138. The molecule has 0 aromatic carbocycles. The molecule has 0 heterocycles. The monoisotopic (exact) mass is 239 g/mol. The normalized spacial score (nSPS) is 12.1. The quantitative estimate of drug-likeness (QED) is 0.291.